The summed E-state index contributed by atoms with van der Waals surface area (Å²) in [4.78, 5) is 9.88. The summed E-state index contributed by atoms with van der Waals surface area (Å²) in [7, 11) is 0. The Labute approximate surface area is 713 Å². The Morgan fingerprint density at radius 2 is 0.421 bits per heavy atom. The van der Waals surface area contributed by atoms with Crippen molar-refractivity contribution in [3.05, 3.63) is 410 Å². The number of anilines is 21. The summed E-state index contributed by atoms with van der Waals surface area (Å²) < 4.78 is 229. The second-order valence-electron chi connectivity index (χ2n) is 31.3. The second kappa shape index (κ2) is 29.0. The minimum atomic E-state index is -1.33. The Kier molecular flexibility index (Phi) is 17.3. The molecule has 0 radical (unpaired) electrons. The maximum Gasteiger partial charge on any atom is 0.256 e. The molecule has 9 nitrogen and oxygen atoms in total. The molecular weight excluding hydrogens is 1620 g/mol. The molecular formula is C102H56B3F12N7O2. The molecule has 0 aliphatic carbocycles. The van der Waals surface area contributed by atoms with Crippen LogP contribution in [-0.4, -0.2) is 20.1 Å². The van der Waals surface area contributed by atoms with Gasteiger partial charge in [-0.05, 0) is 219 Å². The fourth-order valence-corrected chi connectivity index (χ4v) is 19.5. The third kappa shape index (κ3) is 11.4. The highest BCUT2D eigenvalue weighted by atomic mass is 19.2. The van der Waals surface area contributed by atoms with Crippen molar-refractivity contribution < 1.29 is 62.2 Å². The molecule has 0 spiro atoms. The zero-order valence-electron chi connectivity index (χ0n) is 65.5. The normalized spacial score (nSPS) is 13.1. The van der Waals surface area contributed by atoms with E-state index in [0.717, 1.165) is 72.8 Å². The van der Waals surface area contributed by atoms with E-state index in [-0.39, 0.29) is 113 Å². The third-order valence-electron chi connectivity index (χ3n) is 24.4. The molecule has 0 fully saturated rings. The van der Waals surface area contributed by atoms with Crippen molar-refractivity contribution in [3.63, 3.8) is 0 Å². The van der Waals surface area contributed by atoms with Gasteiger partial charge in [-0.15, -0.1) is 0 Å². The Hall–Kier alpha value is -15.7. The van der Waals surface area contributed by atoms with Crippen molar-refractivity contribution in [2.45, 2.75) is 0 Å². The van der Waals surface area contributed by atoms with Gasteiger partial charge in [0.1, 0.15) is 127 Å². The van der Waals surface area contributed by atoms with Gasteiger partial charge in [0.05, 0.1) is 17.1 Å². The van der Waals surface area contributed by atoms with Crippen LogP contribution >= 0.6 is 0 Å². The summed E-state index contributed by atoms with van der Waals surface area (Å²) in [6.45, 7) is -3.43. The molecule has 0 bridgehead atoms. The molecule has 6 aliphatic rings. The molecule has 17 aromatic rings. The molecule has 24 heteroatoms. The second-order valence-corrected chi connectivity index (χ2v) is 31.3. The van der Waals surface area contributed by atoms with Gasteiger partial charge in [0.25, 0.3) is 20.1 Å². The van der Waals surface area contributed by atoms with Gasteiger partial charge in [0.15, 0.2) is 0 Å². The third-order valence-corrected chi connectivity index (χ3v) is 24.4. The maximum absolute atomic E-state index is 18.5. The van der Waals surface area contributed by atoms with E-state index in [9.17, 15) is 0 Å². The minimum Gasteiger partial charge on any atom is -0.458 e. The summed E-state index contributed by atoms with van der Waals surface area (Å²) in [5.74, 6) is -12.0. The van der Waals surface area contributed by atoms with Crippen molar-refractivity contribution in [3.8, 4) is 23.0 Å². The van der Waals surface area contributed by atoms with Gasteiger partial charge in [-0.2, -0.15) is 0 Å². The van der Waals surface area contributed by atoms with Crippen LogP contribution in [0.2, 0.25) is 0 Å². The van der Waals surface area contributed by atoms with E-state index in [0.29, 0.717) is 44.2 Å². The smallest absolute Gasteiger partial charge is 0.256 e. The molecule has 0 saturated carbocycles. The number of benzene rings is 17. The zero-order valence-corrected chi connectivity index (χ0v) is 65.5. The maximum atomic E-state index is 18.5. The fraction of sp³-hybridized carbons (Fsp3) is 0. The molecule has 126 heavy (non-hydrogen) atoms. The van der Waals surface area contributed by atoms with Crippen LogP contribution in [0.3, 0.4) is 0 Å². The summed E-state index contributed by atoms with van der Waals surface area (Å²) in [6, 6.07) is 85.6. The molecule has 0 aromatic heterocycles. The number of hydrogen-bond acceptors (Lipinski definition) is 9. The largest absolute Gasteiger partial charge is 0.458 e. The van der Waals surface area contributed by atoms with E-state index >= 15 is 52.7 Å². The number of nitrogens with zero attached hydrogens (tertiary/aromatic N) is 7. The predicted molar refractivity (Wildman–Crippen MR) is 476 cm³/mol. The molecule has 0 amide bonds. The molecule has 604 valence electrons. The first-order chi connectivity index (χ1) is 61.5. The highest BCUT2D eigenvalue weighted by molar-refractivity contribution is 7.04. The Bertz CT molecular complexity index is 6910. The molecule has 17 aromatic carbocycles. The predicted octanol–water partition coefficient (Wildman–Crippen LogP) is 22.7. The Morgan fingerprint density at radius 3 is 0.714 bits per heavy atom. The van der Waals surface area contributed by atoms with Gasteiger partial charge >= 0.3 is 0 Å². The number of rotatable bonds is 13. The molecule has 6 aliphatic heterocycles. The van der Waals surface area contributed by atoms with Crippen LogP contribution in [0.15, 0.2) is 340 Å². The average molecular weight is 1670 g/mol. The lowest BCUT2D eigenvalue weighted by molar-refractivity contribution is 0.487. The number of ether oxygens (including phenoxy) is 2. The van der Waals surface area contributed by atoms with Crippen LogP contribution in [0.5, 0.6) is 23.0 Å². The molecule has 0 saturated heterocycles. The topological polar surface area (TPSA) is 41.1 Å². The van der Waals surface area contributed by atoms with Gasteiger partial charge < -0.3 is 43.8 Å². The Morgan fingerprint density at radius 1 is 0.183 bits per heavy atom. The number of hydrogen-bond donors (Lipinski definition) is 0. The SMILES string of the molecule is Fc1cccc(F)c1N(c1ccccc1)c1cc2c3c(c1)N(c1c(F)cccc1F)c1cc4c(cc1B3c1ccccc1O2)B1c2cc3c(cc2N(c2c(F)cccc2F)c2cc(N(c5ccccc5)c5ccccc5)cc(c21)N4c1c(F)cccc1F)N(c1c(F)cccc1F)c1cc(N(c2ccccc2)c2c(F)cccc2F)cc2c1B3c1ccccc1O2. The van der Waals surface area contributed by atoms with Crippen LogP contribution < -0.4 is 92.9 Å². The molecule has 6 heterocycles. The first-order valence-corrected chi connectivity index (χ1v) is 40.4. The highest BCUT2D eigenvalue weighted by Gasteiger charge is 2.53. The van der Waals surface area contributed by atoms with E-state index in [4.69, 9.17) is 9.47 Å². The lowest BCUT2D eigenvalue weighted by Crippen LogP contribution is -2.66. The van der Waals surface area contributed by atoms with Crippen molar-refractivity contribution >= 4 is 189 Å². The number of fused-ring (bicyclic) bond motifs is 12. The monoisotopic (exact) mass is 1670 g/mol. The van der Waals surface area contributed by atoms with Gasteiger partial charge in [-0.3, -0.25) is 0 Å². The molecule has 0 unspecified atom stereocenters. The summed E-state index contributed by atoms with van der Waals surface area (Å²) in [5.41, 5.74) is 1.10. The lowest BCUT2D eigenvalue weighted by Gasteiger charge is -2.48. The van der Waals surface area contributed by atoms with Crippen LogP contribution in [0.4, 0.5) is 172 Å². The quantitative estimate of drug-likeness (QED) is 0.0829. The van der Waals surface area contributed by atoms with Gasteiger partial charge in [0.2, 0.25) is 0 Å². The van der Waals surface area contributed by atoms with E-state index < -0.39 is 124 Å². The first kappa shape index (κ1) is 75.3. The summed E-state index contributed by atoms with van der Waals surface area (Å²) >= 11 is 0. The first-order valence-electron chi connectivity index (χ1n) is 40.4. The lowest BCUT2D eigenvalue weighted by atomic mass is 9.29. The van der Waals surface area contributed by atoms with Gasteiger partial charge in [0, 0.05) is 80.4 Å². The Balaban J connectivity index is 0.879. The van der Waals surface area contributed by atoms with E-state index in [1.807, 2.05) is 53.4 Å². The van der Waals surface area contributed by atoms with Gasteiger partial charge in [-0.25, -0.2) is 52.7 Å². The van der Waals surface area contributed by atoms with Crippen LogP contribution in [-0.2, 0) is 0 Å². The minimum absolute atomic E-state index is 0.00180. The van der Waals surface area contributed by atoms with Gasteiger partial charge in [-0.1, -0.05) is 158 Å². The van der Waals surface area contributed by atoms with Crippen molar-refractivity contribution in [1.82, 2.24) is 0 Å². The standard InChI is InChI=1S/C102H56B3F12N7O2/c106-70-33-17-34-71(107)97(70)119(59-27-9-3-10-28-59)62-49-88-95-92(51-62)125-90-45-15-13-31-64(90)103(95)66-53-68-84(55-82(66)123(88)101-78(114)41-21-42-79(101)115)121(99-74(110)37-19-38-75(99)111)86-47-61(118(57-23-5-1-6-24-57)58-25-7-2-8-26-58)48-87-94(86)105(68)69-54-67-83(56-85(69)122(87)100-76(112)39-20-40-77(100)113)124(102-80(116)43-22-44-81(102)117)89-50-63(52-93-96(89)104(67)65-32-14-16-46-91(65)126-93)120(60-29-11-4-12-30-60)98-72(108)35-18-36-73(98)109/h1-56H. The van der Waals surface area contributed by atoms with E-state index in [1.54, 1.807) is 182 Å². The van der Waals surface area contributed by atoms with Crippen LogP contribution in [0, 0.1) is 69.8 Å². The number of halogens is 12. The molecule has 23 rings (SSSR count). The number of para-hydroxylation sites is 12. The molecule has 0 N–H and O–H groups in total. The molecule has 0 atom stereocenters. The zero-order chi connectivity index (χ0) is 85.3. The van der Waals surface area contributed by atoms with Crippen LogP contribution in [0.1, 0.15) is 0 Å². The van der Waals surface area contributed by atoms with Crippen molar-refractivity contribution in [2.75, 3.05) is 34.3 Å². The fourth-order valence-electron chi connectivity index (χ4n) is 19.5. The summed E-state index contributed by atoms with van der Waals surface area (Å²) in [6.07, 6.45) is 0. The highest BCUT2D eigenvalue weighted by Crippen LogP contribution is 2.56. The average Bonchev–Trinajstić information content (AvgIpc) is 0.675. The van der Waals surface area contributed by atoms with Crippen LogP contribution in [0.25, 0.3) is 0 Å². The summed E-state index contributed by atoms with van der Waals surface area (Å²) in [5, 5.41) is 0. The van der Waals surface area contributed by atoms with E-state index in [1.165, 1.54) is 65.8 Å². The van der Waals surface area contributed by atoms with Crippen molar-refractivity contribution in [1.29, 1.82) is 0 Å². The van der Waals surface area contributed by atoms with Crippen molar-refractivity contribution in [2.24, 2.45) is 0 Å². The van der Waals surface area contributed by atoms with E-state index in [2.05, 4.69) is 0 Å².